The highest BCUT2D eigenvalue weighted by Crippen LogP contribution is 2.44. The van der Waals surface area contributed by atoms with Gasteiger partial charge < -0.3 is 62.4 Å². The van der Waals surface area contributed by atoms with Crippen LogP contribution >= 0.6 is 34.0 Å². The number of methoxy groups -OCH3 is 3. The number of hydrogen-bond acceptors (Lipinski definition) is 28. The number of carboxylic acids is 1. The maximum atomic E-state index is 14.5. The number of rotatable bonds is 21. The molecule has 9 aromatic carbocycles. The summed E-state index contributed by atoms with van der Waals surface area (Å²) < 4.78 is 53.5. The largest absolute Gasteiger partial charge is 0.493 e. The lowest BCUT2D eigenvalue weighted by Crippen LogP contribution is -2.41. The number of aromatic nitrogens is 3. The van der Waals surface area contributed by atoms with Gasteiger partial charge in [-0.1, -0.05) is 196 Å². The van der Waals surface area contributed by atoms with Gasteiger partial charge in [-0.25, -0.2) is 29.4 Å². The summed E-state index contributed by atoms with van der Waals surface area (Å²) in [7, 11) is 4.29. The van der Waals surface area contributed by atoms with Crippen molar-refractivity contribution in [1.29, 1.82) is 0 Å². The average Bonchev–Trinajstić information content (AvgIpc) is 1.57. The van der Waals surface area contributed by atoms with Gasteiger partial charge in [-0.05, 0) is 150 Å². The topological polar surface area (TPSA) is 387 Å². The third-order valence-electron chi connectivity index (χ3n) is 23.6. The monoisotopic (exact) mass is 1970 g/mol. The highest BCUT2D eigenvalue weighted by molar-refractivity contribution is 7.08. The van der Waals surface area contributed by atoms with Gasteiger partial charge in [-0.2, -0.15) is 0 Å². The Morgan fingerprint density at radius 3 is 0.803 bits per heavy atom. The van der Waals surface area contributed by atoms with Gasteiger partial charge in [-0.3, -0.25) is 61.6 Å². The Labute approximate surface area is 824 Å². The fraction of sp³-hybridized carbons (Fsp3) is 0.234. The fourth-order valence-electron chi connectivity index (χ4n) is 17.3. The summed E-state index contributed by atoms with van der Waals surface area (Å²) in [5.41, 5.74) is 12.9. The number of ether oxygens (including phenoxy) is 9. The summed E-state index contributed by atoms with van der Waals surface area (Å²) in [6, 6.07) is 57.7. The third kappa shape index (κ3) is 20.0. The van der Waals surface area contributed by atoms with Crippen molar-refractivity contribution in [2.45, 2.75) is 128 Å². The fourth-order valence-corrected chi connectivity index (χ4v) is 20.8. The predicted octanol–water partition coefficient (Wildman–Crippen LogP) is 12.0. The minimum Gasteiger partial charge on any atom is -0.493 e. The molecule has 3 aromatic heterocycles. The van der Waals surface area contributed by atoms with Crippen LogP contribution in [0.5, 0.6) is 34.5 Å². The van der Waals surface area contributed by atoms with Gasteiger partial charge in [0.25, 0.3) is 40.4 Å². The van der Waals surface area contributed by atoms with E-state index in [0.29, 0.717) is 102 Å². The van der Waals surface area contributed by atoms with Crippen molar-refractivity contribution >= 4 is 127 Å². The van der Waals surface area contributed by atoms with Crippen molar-refractivity contribution in [3.8, 4) is 34.5 Å². The normalized spacial score (nSPS) is 16.2. The zero-order valence-corrected chi connectivity index (χ0v) is 82.7. The lowest BCUT2D eigenvalue weighted by atomic mass is 9.95. The number of esters is 6. The highest BCUT2D eigenvalue weighted by atomic mass is 32.1. The molecule has 0 fully saturated rings. The lowest BCUT2D eigenvalue weighted by Gasteiger charge is -2.25. The second kappa shape index (κ2) is 42.5. The number of amides is 3. The van der Waals surface area contributed by atoms with E-state index in [9.17, 15) is 57.5 Å². The van der Waals surface area contributed by atoms with Crippen LogP contribution in [0.4, 0.5) is 17.1 Å². The minimum atomic E-state index is -0.958. The molecule has 18 rings (SSSR count). The van der Waals surface area contributed by atoms with E-state index in [-0.39, 0.29) is 119 Å². The van der Waals surface area contributed by atoms with Gasteiger partial charge >= 0.3 is 35.8 Å². The second-order valence-electron chi connectivity index (χ2n) is 33.2. The number of allylic oxidation sites excluding steroid dienone is 3. The van der Waals surface area contributed by atoms with Crippen LogP contribution in [0.15, 0.2) is 263 Å². The van der Waals surface area contributed by atoms with E-state index in [4.69, 9.17) is 52.5 Å². The van der Waals surface area contributed by atoms with Crippen LogP contribution in [0, 0.1) is 20.8 Å². The molecule has 9 heterocycles. The van der Waals surface area contributed by atoms with Gasteiger partial charge in [0, 0.05) is 44.4 Å². The van der Waals surface area contributed by atoms with Crippen LogP contribution in [0.2, 0.25) is 0 Å². The van der Waals surface area contributed by atoms with Crippen LogP contribution in [0.1, 0.15) is 154 Å². The van der Waals surface area contributed by atoms with E-state index in [0.717, 1.165) is 74.3 Å². The van der Waals surface area contributed by atoms with Crippen LogP contribution < -0.4 is 87.8 Å². The lowest BCUT2D eigenvalue weighted by molar-refractivity contribution is -0.140. The molecule has 32 nitrogen and oxygen atoms in total. The maximum absolute atomic E-state index is 14.5. The van der Waals surface area contributed by atoms with E-state index in [1.165, 1.54) is 55.8 Å². The van der Waals surface area contributed by atoms with Gasteiger partial charge in [0.1, 0.15) is 13.6 Å². The summed E-state index contributed by atoms with van der Waals surface area (Å²) in [5.74, 6) is -3.89. The number of hydrogen-bond donors (Lipinski definition) is 1. The number of benzene rings is 9. The average molecular weight is 1970 g/mol. The number of carbonyl (C=O) groups is 10. The molecule has 3 atom stereocenters. The zero-order valence-electron chi connectivity index (χ0n) is 80.2. The van der Waals surface area contributed by atoms with Crippen LogP contribution in [-0.4, -0.2) is 119 Å². The number of nitrogens with zero attached hydrogens (tertiary/aromatic N) is 9. The molecule has 0 spiro atoms. The molecule has 142 heavy (non-hydrogen) atoms. The summed E-state index contributed by atoms with van der Waals surface area (Å²) >= 11 is 3.30. The Balaban J connectivity index is 0.000000158. The Morgan fingerprint density at radius 2 is 0.577 bits per heavy atom. The molecule has 0 bridgehead atoms. The molecule has 0 saturated carbocycles. The van der Waals surface area contributed by atoms with Crippen molar-refractivity contribution in [3.05, 3.63) is 360 Å². The quantitative estimate of drug-likeness (QED) is 0.0396. The Morgan fingerprint density at radius 1 is 0.338 bits per heavy atom. The summed E-state index contributed by atoms with van der Waals surface area (Å²) in [4.78, 5) is 190. The van der Waals surface area contributed by atoms with Gasteiger partial charge in [0.05, 0.1) is 147 Å². The molecule has 6 aliphatic rings. The maximum Gasteiger partial charge on any atom is 0.338 e. The van der Waals surface area contributed by atoms with Gasteiger partial charge in [-0.15, -0.1) is 0 Å². The van der Waals surface area contributed by atoms with Crippen molar-refractivity contribution in [2.24, 2.45) is 15.0 Å². The number of aliphatic carboxylic acids is 1. The van der Waals surface area contributed by atoms with Crippen molar-refractivity contribution in [3.63, 3.8) is 0 Å². The van der Waals surface area contributed by atoms with Crippen LogP contribution in [-0.2, 0) is 81.8 Å². The number of carboxylic acid groups (broad SMARTS) is 1. The molecule has 726 valence electrons. The number of thiazole rings is 3. The van der Waals surface area contributed by atoms with E-state index in [2.05, 4.69) is 15.0 Å². The number of aryl methyl sites for hydroxylation is 3. The van der Waals surface area contributed by atoms with Crippen molar-refractivity contribution in [1.82, 2.24) is 13.7 Å². The summed E-state index contributed by atoms with van der Waals surface area (Å²) in [6.45, 7) is 22.4. The van der Waals surface area contributed by atoms with Crippen LogP contribution in [0.25, 0.3) is 16.7 Å². The summed E-state index contributed by atoms with van der Waals surface area (Å²) in [6.07, 6.45) is 0. The van der Waals surface area contributed by atoms with E-state index < -0.39 is 76.6 Å². The predicted molar refractivity (Wildman–Crippen MR) is 531 cm³/mol. The standard InChI is InChI=1S/3C35H31N3O7S.C2H4O2/c3*1-6-44-34(42)28-20(3)36-35-38(30(28)23-15-16-26(45-21(4)39)27(17-23)43-5)33(41)31(46-35)29-24-9-7-8-10-25(24)37(32(29)40)18-22-13-11-19(2)12-14-22;1-2(3)4/h3*7-17,30H,6,18H2,1-5H3;1H3,(H,3,4)/b3*31-29-;. The first-order chi connectivity index (χ1) is 68.1. The first kappa shape index (κ1) is 100. The molecule has 6 aliphatic heterocycles. The first-order valence-electron chi connectivity index (χ1n) is 45.0. The van der Waals surface area contributed by atoms with Gasteiger partial charge in [0.15, 0.2) is 48.9 Å². The number of para-hydroxylation sites is 3. The van der Waals surface area contributed by atoms with Crippen LogP contribution in [0.3, 0.4) is 0 Å². The number of fused-ring (bicyclic) bond motifs is 6. The molecule has 1 N–H and O–H groups in total. The number of anilines is 3. The van der Waals surface area contributed by atoms with Gasteiger partial charge in [0.2, 0.25) is 0 Å². The number of carbonyl (C=O) groups excluding carboxylic acids is 9. The van der Waals surface area contributed by atoms with Crippen molar-refractivity contribution < 1.29 is 95.7 Å². The smallest absolute Gasteiger partial charge is 0.338 e. The highest BCUT2D eigenvalue weighted by Gasteiger charge is 2.43. The molecule has 3 amide bonds. The molecule has 12 aromatic rings. The molecular formula is C107H97N9O23S3. The van der Waals surface area contributed by atoms with E-state index in [1.807, 2.05) is 166 Å². The molecule has 0 aliphatic carbocycles. The van der Waals surface area contributed by atoms with E-state index >= 15 is 0 Å². The third-order valence-corrected chi connectivity index (χ3v) is 26.7. The second-order valence-corrected chi connectivity index (χ2v) is 36.1. The Hall–Kier alpha value is -16.4. The van der Waals surface area contributed by atoms with Crippen molar-refractivity contribution in [2.75, 3.05) is 55.8 Å². The summed E-state index contributed by atoms with van der Waals surface area (Å²) in [5, 5.41) is 7.42. The minimum absolute atomic E-state index is 0.119. The molecule has 35 heteroatoms. The SMILES string of the molecule is CC(=O)O.CCOC(=O)C1=C(C)N=c2s/c(=C3\C(=O)N(Cc4ccc(C)cc4)c4ccccc43)c(=O)n2C1c1ccc(OC(C)=O)c(OC)c1.CCOC(=O)C1=C(C)N=c2s/c(=C3\C(=O)N(Cc4ccc(C)cc4)c4ccccc43)c(=O)n2C1c1ccc(OC(C)=O)c(OC)c1.CCOC(=O)C1=C(C)N=c2s/c(=C3\C(=O)N(Cc4ccc(C)cc4)c4ccccc43)c(=O)n2C1c1ccc(OC(C)=O)c(OC)c1. The molecule has 3 unspecified atom stereocenters. The Kier molecular flexibility index (Phi) is 30.0. The first-order valence-corrected chi connectivity index (χ1v) is 47.4. The molecule has 0 saturated heterocycles. The Bertz CT molecular complexity index is 7220. The molecule has 0 radical (unpaired) electrons. The zero-order chi connectivity index (χ0) is 102. The molecular weight excluding hydrogens is 1880 g/mol. The van der Waals surface area contributed by atoms with E-state index in [1.54, 1.807) is 111 Å².